The van der Waals surface area contributed by atoms with Crippen LogP contribution in [0.15, 0.2) is 41.0 Å². The Morgan fingerprint density at radius 1 is 1.35 bits per heavy atom. The van der Waals surface area contributed by atoms with Gasteiger partial charge in [0.1, 0.15) is 10.3 Å². The maximum atomic E-state index is 12.0. The molecule has 8 heteroatoms. The molecule has 1 amide bonds. The predicted molar refractivity (Wildman–Crippen MR) is 78.0 cm³/mol. The number of non-ortho nitro benzene ring substituents is 1. The SMILES string of the molecule is O=C(Nc1ccc([N+](=O)[O-])cc1Cl)c1cccc(Br)n1. The van der Waals surface area contributed by atoms with Gasteiger partial charge in [-0.05, 0) is 34.1 Å². The molecule has 0 saturated carbocycles. The van der Waals surface area contributed by atoms with Crippen molar-refractivity contribution in [2.24, 2.45) is 0 Å². The molecule has 20 heavy (non-hydrogen) atoms. The van der Waals surface area contributed by atoms with Crippen molar-refractivity contribution in [1.29, 1.82) is 0 Å². The molecule has 0 bridgehead atoms. The van der Waals surface area contributed by atoms with E-state index in [1.54, 1.807) is 18.2 Å². The zero-order chi connectivity index (χ0) is 14.7. The largest absolute Gasteiger partial charge is 0.319 e. The van der Waals surface area contributed by atoms with Crippen LogP contribution in [-0.2, 0) is 0 Å². The molecule has 0 spiro atoms. The Labute approximate surface area is 127 Å². The number of nitro benzene ring substituents is 1. The first-order valence-electron chi connectivity index (χ1n) is 5.35. The molecule has 0 aliphatic heterocycles. The van der Waals surface area contributed by atoms with Gasteiger partial charge in [0.2, 0.25) is 0 Å². The maximum absolute atomic E-state index is 12.0. The standard InChI is InChI=1S/C12H7BrClN3O3/c13-11-3-1-2-10(15-11)12(18)16-9-5-4-7(17(19)20)6-8(9)14/h1-6H,(H,16,18). The van der Waals surface area contributed by atoms with Crippen LogP contribution in [0.25, 0.3) is 0 Å². The Balaban J connectivity index is 2.22. The van der Waals surface area contributed by atoms with Crippen LogP contribution in [0.4, 0.5) is 11.4 Å². The number of rotatable bonds is 3. The van der Waals surface area contributed by atoms with E-state index < -0.39 is 10.8 Å². The van der Waals surface area contributed by atoms with Gasteiger partial charge in [-0.1, -0.05) is 17.7 Å². The number of amides is 1. The zero-order valence-electron chi connectivity index (χ0n) is 9.84. The van der Waals surface area contributed by atoms with Crippen molar-refractivity contribution in [3.8, 4) is 0 Å². The van der Waals surface area contributed by atoms with Gasteiger partial charge in [-0.25, -0.2) is 4.98 Å². The summed E-state index contributed by atoms with van der Waals surface area (Å²) in [6, 6.07) is 8.70. The molecule has 0 aliphatic carbocycles. The third-order valence-corrected chi connectivity index (χ3v) is 3.11. The number of pyridine rings is 1. The van der Waals surface area contributed by atoms with Gasteiger partial charge in [-0.15, -0.1) is 0 Å². The van der Waals surface area contributed by atoms with Crippen molar-refractivity contribution in [3.63, 3.8) is 0 Å². The van der Waals surface area contributed by atoms with E-state index in [4.69, 9.17) is 11.6 Å². The summed E-state index contributed by atoms with van der Waals surface area (Å²) in [4.78, 5) is 26.0. The topological polar surface area (TPSA) is 85.1 Å². The van der Waals surface area contributed by atoms with Crippen LogP contribution in [0.2, 0.25) is 5.02 Å². The number of hydrogen-bond acceptors (Lipinski definition) is 4. The quantitative estimate of drug-likeness (QED) is 0.516. The molecule has 1 N–H and O–H groups in total. The molecular weight excluding hydrogens is 350 g/mol. The molecule has 6 nitrogen and oxygen atoms in total. The average Bonchev–Trinajstić information content (AvgIpc) is 2.40. The highest BCUT2D eigenvalue weighted by Crippen LogP contribution is 2.26. The van der Waals surface area contributed by atoms with E-state index in [-0.39, 0.29) is 22.1 Å². The van der Waals surface area contributed by atoms with Crippen molar-refractivity contribution in [3.05, 3.63) is 61.8 Å². The number of nitrogens with zero attached hydrogens (tertiary/aromatic N) is 2. The van der Waals surface area contributed by atoms with E-state index in [1.807, 2.05) is 0 Å². The summed E-state index contributed by atoms with van der Waals surface area (Å²) in [5.74, 6) is -0.456. The Bertz CT molecular complexity index is 693. The third-order valence-electron chi connectivity index (χ3n) is 2.36. The molecule has 0 radical (unpaired) electrons. The van der Waals surface area contributed by atoms with E-state index in [0.29, 0.717) is 4.60 Å². The number of carbonyl (C=O) groups excluding carboxylic acids is 1. The van der Waals surface area contributed by atoms with Crippen LogP contribution in [-0.4, -0.2) is 15.8 Å². The van der Waals surface area contributed by atoms with Gasteiger partial charge in [0.05, 0.1) is 15.6 Å². The van der Waals surface area contributed by atoms with Crippen molar-refractivity contribution in [2.45, 2.75) is 0 Å². The first-order valence-corrected chi connectivity index (χ1v) is 6.52. The molecule has 2 aromatic rings. The normalized spacial score (nSPS) is 10.1. The lowest BCUT2D eigenvalue weighted by Crippen LogP contribution is -2.14. The fourth-order valence-corrected chi connectivity index (χ4v) is 2.01. The van der Waals surface area contributed by atoms with Crippen LogP contribution in [0, 0.1) is 10.1 Å². The molecule has 1 aromatic heterocycles. The summed E-state index contributed by atoms with van der Waals surface area (Å²) in [6.45, 7) is 0. The highest BCUT2D eigenvalue weighted by atomic mass is 79.9. The first kappa shape index (κ1) is 14.4. The summed E-state index contributed by atoms with van der Waals surface area (Å²) < 4.78 is 0.528. The summed E-state index contributed by atoms with van der Waals surface area (Å²) in [5, 5.41) is 13.2. The number of nitro groups is 1. The van der Waals surface area contributed by atoms with Crippen LogP contribution >= 0.6 is 27.5 Å². The van der Waals surface area contributed by atoms with E-state index in [2.05, 4.69) is 26.2 Å². The Kier molecular flexibility index (Phi) is 4.31. The van der Waals surface area contributed by atoms with Crippen molar-refractivity contribution >= 4 is 44.8 Å². The molecule has 102 valence electrons. The fraction of sp³-hybridized carbons (Fsp3) is 0. The van der Waals surface area contributed by atoms with Crippen LogP contribution in [0.1, 0.15) is 10.5 Å². The molecule has 1 heterocycles. The predicted octanol–water partition coefficient (Wildman–Crippen LogP) is 3.66. The lowest BCUT2D eigenvalue weighted by molar-refractivity contribution is -0.384. The molecule has 0 aliphatic rings. The van der Waals surface area contributed by atoms with Gasteiger partial charge in [-0.3, -0.25) is 14.9 Å². The summed E-state index contributed by atoms with van der Waals surface area (Å²) in [7, 11) is 0. The second-order valence-corrected chi connectivity index (χ2v) is 4.94. The molecule has 0 atom stereocenters. The molecule has 0 saturated heterocycles. The van der Waals surface area contributed by atoms with E-state index in [1.165, 1.54) is 18.2 Å². The van der Waals surface area contributed by atoms with Crippen LogP contribution in [0.3, 0.4) is 0 Å². The minimum Gasteiger partial charge on any atom is -0.319 e. The monoisotopic (exact) mass is 355 g/mol. The van der Waals surface area contributed by atoms with Gasteiger partial charge in [-0.2, -0.15) is 0 Å². The molecule has 1 aromatic carbocycles. The first-order chi connectivity index (χ1) is 9.47. The Morgan fingerprint density at radius 3 is 2.70 bits per heavy atom. The second-order valence-electron chi connectivity index (χ2n) is 3.72. The van der Waals surface area contributed by atoms with Gasteiger partial charge >= 0.3 is 0 Å². The summed E-state index contributed by atoms with van der Waals surface area (Å²) >= 11 is 9.05. The fourth-order valence-electron chi connectivity index (χ4n) is 1.44. The Hall–Kier alpha value is -1.99. The number of benzene rings is 1. The van der Waals surface area contributed by atoms with Gasteiger partial charge in [0, 0.05) is 12.1 Å². The highest BCUT2D eigenvalue weighted by Gasteiger charge is 2.13. The van der Waals surface area contributed by atoms with E-state index in [0.717, 1.165) is 0 Å². The highest BCUT2D eigenvalue weighted by molar-refractivity contribution is 9.10. The number of aromatic nitrogens is 1. The van der Waals surface area contributed by atoms with Gasteiger partial charge < -0.3 is 5.32 Å². The Morgan fingerprint density at radius 2 is 2.10 bits per heavy atom. The summed E-state index contributed by atoms with van der Waals surface area (Å²) in [5.41, 5.74) is 0.339. The van der Waals surface area contributed by atoms with Gasteiger partial charge in [0.25, 0.3) is 11.6 Å². The molecule has 2 rings (SSSR count). The lowest BCUT2D eigenvalue weighted by atomic mass is 10.2. The van der Waals surface area contributed by atoms with Crippen LogP contribution < -0.4 is 5.32 Å². The maximum Gasteiger partial charge on any atom is 0.274 e. The zero-order valence-corrected chi connectivity index (χ0v) is 12.2. The summed E-state index contributed by atoms with van der Waals surface area (Å²) in [6.07, 6.45) is 0. The molecular formula is C12H7BrClN3O3. The van der Waals surface area contributed by atoms with Crippen molar-refractivity contribution in [1.82, 2.24) is 4.98 Å². The number of anilines is 1. The molecule has 0 fully saturated rings. The average molecular weight is 357 g/mol. The third kappa shape index (κ3) is 3.31. The van der Waals surface area contributed by atoms with E-state index in [9.17, 15) is 14.9 Å². The molecule has 0 unspecified atom stereocenters. The van der Waals surface area contributed by atoms with E-state index >= 15 is 0 Å². The van der Waals surface area contributed by atoms with Crippen molar-refractivity contribution < 1.29 is 9.72 Å². The minimum atomic E-state index is -0.562. The number of halogens is 2. The lowest BCUT2D eigenvalue weighted by Gasteiger charge is -2.06. The smallest absolute Gasteiger partial charge is 0.274 e. The van der Waals surface area contributed by atoms with Crippen molar-refractivity contribution in [2.75, 3.05) is 5.32 Å². The number of nitrogens with one attached hydrogen (secondary N) is 1. The number of carbonyl (C=O) groups is 1. The van der Waals surface area contributed by atoms with Gasteiger partial charge in [0.15, 0.2) is 0 Å². The van der Waals surface area contributed by atoms with Crippen LogP contribution in [0.5, 0.6) is 0 Å². The minimum absolute atomic E-state index is 0.0857. The number of hydrogen-bond donors (Lipinski definition) is 1. The second kappa shape index (κ2) is 5.98.